The van der Waals surface area contributed by atoms with Crippen LogP contribution in [-0.4, -0.2) is 19.1 Å². The molecule has 1 aromatic rings. The SMILES string of the molecule is CC.CC.CCOc1c(SC)cccc1SC. The van der Waals surface area contributed by atoms with Crippen LogP contribution in [0.1, 0.15) is 34.6 Å². The molecular weight excluding hydrogens is 248 g/mol. The van der Waals surface area contributed by atoms with Crippen LogP contribution in [0.4, 0.5) is 0 Å². The van der Waals surface area contributed by atoms with Gasteiger partial charge in [0.25, 0.3) is 0 Å². The van der Waals surface area contributed by atoms with Gasteiger partial charge in [-0.15, -0.1) is 23.5 Å². The summed E-state index contributed by atoms with van der Waals surface area (Å²) >= 11 is 3.45. The summed E-state index contributed by atoms with van der Waals surface area (Å²) in [6.07, 6.45) is 4.14. The molecule has 0 aliphatic heterocycles. The number of thioether (sulfide) groups is 2. The van der Waals surface area contributed by atoms with Gasteiger partial charge in [0, 0.05) is 0 Å². The summed E-state index contributed by atoms with van der Waals surface area (Å²) in [4.78, 5) is 2.43. The lowest BCUT2D eigenvalue weighted by Gasteiger charge is -2.11. The fourth-order valence-electron chi connectivity index (χ4n) is 1.10. The van der Waals surface area contributed by atoms with E-state index in [-0.39, 0.29) is 0 Å². The maximum Gasteiger partial charge on any atom is 0.146 e. The molecule has 0 aliphatic carbocycles. The van der Waals surface area contributed by atoms with Crippen LogP contribution >= 0.6 is 23.5 Å². The molecule has 0 unspecified atom stereocenters. The van der Waals surface area contributed by atoms with Crippen LogP contribution in [0.5, 0.6) is 5.75 Å². The molecule has 0 atom stereocenters. The van der Waals surface area contributed by atoms with E-state index >= 15 is 0 Å². The van der Waals surface area contributed by atoms with E-state index in [0.717, 1.165) is 12.4 Å². The van der Waals surface area contributed by atoms with Gasteiger partial charge in [0.2, 0.25) is 0 Å². The van der Waals surface area contributed by atoms with Gasteiger partial charge in [-0.05, 0) is 31.6 Å². The molecule has 17 heavy (non-hydrogen) atoms. The van der Waals surface area contributed by atoms with Crippen molar-refractivity contribution in [3.05, 3.63) is 18.2 Å². The van der Waals surface area contributed by atoms with Gasteiger partial charge < -0.3 is 4.74 Å². The number of hydrogen-bond acceptors (Lipinski definition) is 3. The van der Waals surface area contributed by atoms with Crippen LogP contribution in [0.2, 0.25) is 0 Å². The molecule has 0 saturated heterocycles. The lowest BCUT2D eigenvalue weighted by atomic mass is 10.3. The van der Waals surface area contributed by atoms with Crippen molar-refractivity contribution in [1.29, 1.82) is 0 Å². The van der Waals surface area contributed by atoms with Crippen LogP contribution in [0, 0.1) is 0 Å². The summed E-state index contributed by atoms with van der Waals surface area (Å²) in [6.45, 7) is 10.7. The third-order valence-corrected chi connectivity index (χ3v) is 3.19. The standard InChI is InChI=1S/C10H14OS2.2C2H6/c1-4-11-10-8(12-2)6-5-7-9(10)13-3;2*1-2/h5-7H,4H2,1-3H3;2*1-2H3. The first-order chi connectivity index (χ1) is 8.33. The molecule has 0 N–H and O–H groups in total. The van der Waals surface area contributed by atoms with Crippen LogP contribution < -0.4 is 4.74 Å². The second-order valence-electron chi connectivity index (χ2n) is 2.42. The molecule has 0 bridgehead atoms. The average molecular weight is 274 g/mol. The first kappa shape index (κ1) is 19.1. The second-order valence-corrected chi connectivity index (χ2v) is 4.12. The number of benzene rings is 1. The first-order valence-corrected chi connectivity index (χ1v) is 8.62. The quantitative estimate of drug-likeness (QED) is 0.663. The fourth-order valence-corrected chi connectivity index (χ4v) is 2.31. The summed E-state index contributed by atoms with van der Waals surface area (Å²) in [6, 6.07) is 6.25. The van der Waals surface area contributed by atoms with Gasteiger partial charge in [-0.3, -0.25) is 0 Å². The maximum absolute atomic E-state index is 5.61. The van der Waals surface area contributed by atoms with Gasteiger partial charge in [0.05, 0.1) is 16.4 Å². The molecule has 1 nitrogen and oxygen atoms in total. The molecule has 0 spiro atoms. The summed E-state index contributed by atoms with van der Waals surface area (Å²) in [5.74, 6) is 1.03. The smallest absolute Gasteiger partial charge is 0.146 e. The first-order valence-electron chi connectivity index (χ1n) is 6.17. The minimum Gasteiger partial charge on any atom is -0.492 e. The lowest BCUT2D eigenvalue weighted by Crippen LogP contribution is -1.94. The van der Waals surface area contributed by atoms with Crippen LogP contribution in [-0.2, 0) is 0 Å². The highest BCUT2D eigenvalue weighted by molar-refractivity contribution is 7.99. The van der Waals surface area contributed by atoms with Crippen molar-refractivity contribution < 1.29 is 4.74 Å². The summed E-state index contributed by atoms with van der Waals surface area (Å²) in [7, 11) is 0. The summed E-state index contributed by atoms with van der Waals surface area (Å²) in [5.41, 5.74) is 0. The Balaban J connectivity index is 0. The highest BCUT2D eigenvalue weighted by Gasteiger charge is 2.06. The molecule has 0 heterocycles. The molecule has 0 aliphatic rings. The normalized spacial score (nSPS) is 8.41. The topological polar surface area (TPSA) is 9.23 Å². The van der Waals surface area contributed by atoms with Crippen molar-refractivity contribution in [2.24, 2.45) is 0 Å². The van der Waals surface area contributed by atoms with Crippen molar-refractivity contribution in [3.8, 4) is 5.75 Å². The molecule has 0 fully saturated rings. The Kier molecular flexibility index (Phi) is 15.5. The highest BCUT2D eigenvalue weighted by Crippen LogP contribution is 2.36. The molecular formula is C14H26OS2. The van der Waals surface area contributed by atoms with Gasteiger partial charge in [-0.1, -0.05) is 33.8 Å². The minimum atomic E-state index is 0.727. The van der Waals surface area contributed by atoms with Crippen molar-refractivity contribution in [2.45, 2.75) is 44.4 Å². The molecule has 100 valence electrons. The van der Waals surface area contributed by atoms with Crippen LogP contribution in [0.15, 0.2) is 28.0 Å². The van der Waals surface area contributed by atoms with E-state index in [4.69, 9.17) is 4.74 Å². The number of hydrogen-bond donors (Lipinski definition) is 0. The highest BCUT2D eigenvalue weighted by atomic mass is 32.2. The van der Waals surface area contributed by atoms with Gasteiger partial charge >= 0.3 is 0 Å². The van der Waals surface area contributed by atoms with Gasteiger partial charge in [-0.2, -0.15) is 0 Å². The molecule has 3 heteroatoms. The third-order valence-electron chi connectivity index (χ3n) is 1.67. The minimum absolute atomic E-state index is 0.727. The second kappa shape index (κ2) is 13.8. The Morgan fingerprint density at radius 2 is 1.35 bits per heavy atom. The van der Waals surface area contributed by atoms with E-state index in [9.17, 15) is 0 Å². The summed E-state index contributed by atoms with van der Waals surface area (Å²) < 4.78 is 5.61. The van der Waals surface area contributed by atoms with E-state index in [1.54, 1.807) is 23.5 Å². The van der Waals surface area contributed by atoms with Crippen molar-refractivity contribution >= 4 is 23.5 Å². The zero-order valence-electron chi connectivity index (χ0n) is 12.2. The molecule has 1 aromatic carbocycles. The van der Waals surface area contributed by atoms with E-state index in [1.807, 2.05) is 34.6 Å². The Morgan fingerprint density at radius 3 is 1.65 bits per heavy atom. The number of ether oxygens (including phenoxy) is 1. The third kappa shape index (κ3) is 6.89. The average Bonchev–Trinajstić information content (AvgIpc) is 2.44. The van der Waals surface area contributed by atoms with Crippen LogP contribution in [0.3, 0.4) is 0 Å². The number of rotatable bonds is 4. The zero-order chi connectivity index (χ0) is 13.7. The molecule has 1 rings (SSSR count). The Morgan fingerprint density at radius 1 is 0.941 bits per heavy atom. The Labute approximate surface area is 116 Å². The maximum atomic E-state index is 5.61. The zero-order valence-corrected chi connectivity index (χ0v) is 13.8. The van der Waals surface area contributed by atoms with Crippen molar-refractivity contribution in [3.63, 3.8) is 0 Å². The lowest BCUT2D eigenvalue weighted by molar-refractivity contribution is 0.324. The van der Waals surface area contributed by atoms with Gasteiger partial charge in [0.1, 0.15) is 5.75 Å². The van der Waals surface area contributed by atoms with Crippen molar-refractivity contribution in [2.75, 3.05) is 19.1 Å². The Hall–Kier alpha value is -0.280. The largest absolute Gasteiger partial charge is 0.492 e. The van der Waals surface area contributed by atoms with Crippen LogP contribution in [0.25, 0.3) is 0 Å². The predicted octanol–water partition coefficient (Wildman–Crippen LogP) is 5.58. The number of para-hydroxylation sites is 1. The van der Waals surface area contributed by atoms with E-state index < -0.39 is 0 Å². The van der Waals surface area contributed by atoms with E-state index in [1.165, 1.54) is 9.79 Å². The molecule has 0 radical (unpaired) electrons. The fraction of sp³-hybridized carbons (Fsp3) is 0.571. The molecule has 0 amide bonds. The summed E-state index contributed by atoms with van der Waals surface area (Å²) in [5, 5.41) is 0. The molecule has 0 aromatic heterocycles. The monoisotopic (exact) mass is 274 g/mol. The van der Waals surface area contributed by atoms with Gasteiger partial charge in [0.15, 0.2) is 0 Å². The van der Waals surface area contributed by atoms with E-state index in [0.29, 0.717) is 0 Å². The predicted molar refractivity (Wildman–Crippen MR) is 83.9 cm³/mol. The Bertz CT molecular complexity index is 253. The van der Waals surface area contributed by atoms with Crippen molar-refractivity contribution in [1.82, 2.24) is 0 Å². The van der Waals surface area contributed by atoms with E-state index in [2.05, 4.69) is 30.7 Å². The van der Waals surface area contributed by atoms with Gasteiger partial charge in [-0.25, -0.2) is 0 Å². The molecule has 0 saturated carbocycles.